The second kappa shape index (κ2) is 11.5. The standard InChI is InChI=1S/C28H24F5NO2/c1-35-12-2-3-17-5-11-25(34-16-17)21-9-10-22-20(15-21)8-7-19(26(22)31)6-4-18-13-23(29)27(24(30)14-18)36-28(32)33/h5,7-11,13-16,28H,2-4,6,12H2,1H3. The fourth-order valence-electron chi connectivity index (χ4n) is 4.09. The van der Waals surface area contributed by atoms with Gasteiger partial charge in [0.15, 0.2) is 17.4 Å². The van der Waals surface area contributed by atoms with Gasteiger partial charge in [0.05, 0.1) is 5.69 Å². The molecular formula is C28H24F5NO2. The Morgan fingerprint density at radius 2 is 1.61 bits per heavy atom. The lowest BCUT2D eigenvalue weighted by Gasteiger charge is -2.11. The molecule has 0 spiro atoms. The van der Waals surface area contributed by atoms with Gasteiger partial charge in [0, 0.05) is 30.9 Å². The highest BCUT2D eigenvalue weighted by Gasteiger charge is 2.17. The molecule has 4 aromatic rings. The summed E-state index contributed by atoms with van der Waals surface area (Å²) in [7, 11) is 1.67. The molecule has 36 heavy (non-hydrogen) atoms. The first-order chi connectivity index (χ1) is 17.4. The number of fused-ring (bicyclic) bond motifs is 1. The van der Waals surface area contributed by atoms with Crippen molar-refractivity contribution in [2.45, 2.75) is 32.3 Å². The molecule has 3 aromatic carbocycles. The molecular weight excluding hydrogens is 477 g/mol. The van der Waals surface area contributed by atoms with Crippen molar-refractivity contribution in [1.82, 2.24) is 4.98 Å². The maximum absolute atomic E-state index is 15.2. The van der Waals surface area contributed by atoms with Gasteiger partial charge in [0.25, 0.3) is 0 Å². The molecule has 0 unspecified atom stereocenters. The molecule has 0 aliphatic heterocycles. The molecule has 0 saturated heterocycles. The molecule has 0 aliphatic rings. The Hall–Kier alpha value is -3.52. The van der Waals surface area contributed by atoms with Crippen LogP contribution in [0.25, 0.3) is 22.0 Å². The first-order valence-electron chi connectivity index (χ1n) is 11.4. The van der Waals surface area contributed by atoms with E-state index in [2.05, 4.69) is 9.72 Å². The molecule has 0 amide bonds. The Kier molecular flexibility index (Phi) is 8.15. The largest absolute Gasteiger partial charge is 0.429 e. The van der Waals surface area contributed by atoms with Crippen LogP contribution >= 0.6 is 0 Å². The minimum absolute atomic E-state index is 0.115. The van der Waals surface area contributed by atoms with Crippen molar-refractivity contribution >= 4 is 10.8 Å². The SMILES string of the molecule is COCCCc1ccc(-c2ccc3c(F)c(CCc4cc(F)c(OC(F)F)c(F)c4)ccc3c2)nc1. The highest BCUT2D eigenvalue weighted by atomic mass is 19.3. The van der Waals surface area contributed by atoms with Crippen molar-refractivity contribution in [2.24, 2.45) is 0 Å². The van der Waals surface area contributed by atoms with E-state index in [9.17, 15) is 17.6 Å². The van der Waals surface area contributed by atoms with Crippen LogP contribution in [0.15, 0.2) is 60.8 Å². The topological polar surface area (TPSA) is 31.4 Å². The van der Waals surface area contributed by atoms with Gasteiger partial charge in [-0.1, -0.05) is 30.3 Å². The first kappa shape index (κ1) is 25.6. The molecule has 4 rings (SSSR count). The number of hydrogen-bond acceptors (Lipinski definition) is 3. The van der Waals surface area contributed by atoms with Crippen LogP contribution in [0.5, 0.6) is 5.75 Å². The number of alkyl halides is 2. The summed E-state index contributed by atoms with van der Waals surface area (Å²) in [5.41, 5.74) is 3.33. The van der Waals surface area contributed by atoms with Gasteiger partial charge in [0.2, 0.25) is 0 Å². The van der Waals surface area contributed by atoms with E-state index in [1.807, 2.05) is 24.4 Å². The Bertz CT molecular complexity index is 1320. The van der Waals surface area contributed by atoms with Crippen molar-refractivity contribution < 1.29 is 31.4 Å². The summed E-state index contributed by atoms with van der Waals surface area (Å²) in [6.07, 6.45) is 3.90. The van der Waals surface area contributed by atoms with Crippen LogP contribution in [0.1, 0.15) is 23.1 Å². The third kappa shape index (κ3) is 5.99. The lowest BCUT2D eigenvalue weighted by atomic mass is 9.98. The summed E-state index contributed by atoms with van der Waals surface area (Å²) in [4.78, 5) is 4.53. The summed E-state index contributed by atoms with van der Waals surface area (Å²) < 4.78 is 76.7. The Labute approximate surface area is 205 Å². The van der Waals surface area contributed by atoms with E-state index in [4.69, 9.17) is 4.74 Å². The molecule has 0 bridgehead atoms. The van der Waals surface area contributed by atoms with Crippen LogP contribution in [0.4, 0.5) is 22.0 Å². The highest BCUT2D eigenvalue weighted by molar-refractivity contribution is 5.88. The van der Waals surface area contributed by atoms with E-state index in [1.165, 1.54) is 0 Å². The molecule has 188 valence electrons. The van der Waals surface area contributed by atoms with Crippen LogP contribution in [0.3, 0.4) is 0 Å². The number of benzene rings is 3. The number of nitrogens with zero attached hydrogens (tertiary/aromatic N) is 1. The van der Waals surface area contributed by atoms with E-state index >= 15 is 4.39 Å². The lowest BCUT2D eigenvalue weighted by molar-refractivity contribution is -0.0546. The molecule has 0 atom stereocenters. The van der Waals surface area contributed by atoms with Crippen LogP contribution in [0.2, 0.25) is 0 Å². The number of methoxy groups -OCH3 is 1. The summed E-state index contributed by atoms with van der Waals surface area (Å²) in [5.74, 6) is -4.00. The van der Waals surface area contributed by atoms with Gasteiger partial charge in [-0.15, -0.1) is 0 Å². The third-order valence-electron chi connectivity index (χ3n) is 5.92. The van der Waals surface area contributed by atoms with E-state index in [0.29, 0.717) is 22.9 Å². The molecule has 0 saturated carbocycles. The van der Waals surface area contributed by atoms with Gasteiger partial charge in [-0.25, -0.2) is 13.2 Å². The van der Waals surface area contributed by atoms with Gasteiger partial charge in [-0.3, -0.25) is 4.98 Å². The molecule has 1 aromatic heterocycles. The minimum atomic E-state index is -3.34. The van der Waals surface area contributed by atoms with Gasteiger partial charge in [-0.2, -0.15) is 8.78 Å². The maximum Gasteiger partial charge on any atom is 0.387 e. The van der Waals surface area contributed by atoms with Crippen molar-refractivity contribution in [1.29, 1.82) is 0 Å². The predicted octanol–water partition coefficient (Wildman–Crippen LogP) is 7.28. The number of hydrogen-bond donors (Lipinski definition) is 0. The van der Waals surface area contributed by atoms with E-state index in [0.717, 1.165) is 41.8 Å². The fourth-order valence-corrected chi connectivity index (χ4v) is 4.09. The Balaban J connectivity index is 1.49. The van der Waals surface area contributed by atoms with Gasteiger partial charge >= 0.3 is 6.61 Å². The van der Waals surface area contributed by atoms with Crippen LogP contribution in [-0.4, -0.2) is 25.3 Å². The normalized spacial score (nSPS) is 11.4. The molecule has 8 heteroatoms. The molecule has 0 fully saturated rings. The predicted molar refractivity (Wildman–Crippen MR) is 128 cm³/mol. The van der Waals surface area contributed by atoms with E-state index < -0.39 is 29.8 Å². The second-order valence-corrected chi connectivity index (χ2v) is 8.39. The van der Waals surface area contributed by atoms with Crippen molar-refractivity contribution in [3.63, 3.8) is 0 Å². The molecule has 0 aliphatic carbocycles. The quantitative estimate of drug-likeness (QED) is 0.169. The average Bonchev–Trinajstić information content (AvgIpc) is 2.86. The summed E-state index contributed by atoms with van der Waals surface area (Å²) >= 11 is 0. The average molecular weight is 501 g/mol. The molecule has 0 radical (unpaired) electrons. The summed E-state index contributed by atoms with van der Waals surface area (Å²) in [5, 5.41) is 1.12. The summed E-state index contributed by atoms with van der Waals surface area (Å²) in [6.45, 7) is -2.65. The van der Waals surface area contributed by atoms with E-state index in [-0.39, 0.29) is 18.4 Å². The zero-order valence-corrected chi connectivity index (χ0v) is 19.5. The zero-order chi connectivity index (χ0) is 25.7. The Morgan fingerprint density at radius 3 is 2.28 bits per heavy atom. The molecule has 1 heterocycles. The van der Waals surface area contributed by atoms with Crippen molar-refractivity contribution in [3.05, 3.63) is 94.9 Å². The Morgan fingerprint density at radius 1 is 0.833 bits per heavy atom. The van der Waals surface area contributed by atoms with E-state index in [1.54, 1.807) is 31.4 Å². The zero-order valence-electron chi connectivity index (χ0n) is 19.5. The van der Waals surface area contributed by atoms with Crippen molar-refractivity contribution in [2.75, 3.05) is 13.7 Å². The number of halogens is 5. The number of pyridine rings is 1. The minimum Gasteiger partial charge on any atom is -0.429 e. The smallest absolute Gasteiger partial charge is 0.387 e. The highest BCUT2D eigenvalue weighted by Crippen LogP contribution is 2.29. The van der Waals surface area contributed by atoms with Gasteiger partial charge in [-0.05, 0) is 72.0 Å². The van der Waals surface area contributed by atoms with Crippen LogP contribution in [-0.2, 0) is 24.0 Å². The molecule has 3 nitrogen and oxygen atoms in total. The molecule has 0 N–H and O–H groups in total. The fraction of sp³-hybridized carbons (Fsp3) is 0.250. The van der Waals surface area contributed by atoms with Crippen LogP contribution in [0, 0.1) is 17.5 Å². The number of rotatable bonds is 10. The van der Waals surface area contributed by atoms with Gasteiger partial charge in [0.1, 0.15) is 5.82 Å². The van der Waals surface area contributed by atoms with Gasteiger partial charge < -0.3 is 9.47 Å². The maximum atomic E-state index is 15.2. The second-order valence-electron chi connectivity index (χ2n) is 8.39. The number of aryl methyl sites for hydroxylation is 3. The van der Waals surface area contributed by atoms with Crippen molar-refractivity contribution in [3.8, 4) is 17.0 Å². The van der Waals surface area contributed by atoms with Crippen LogP contribution < -0.4 is 4.74 Å². The number of aromatic nitrogens is 1. The number of ether oxygens (including phenoxy) is 2. The summed E-state index contributed by atoms with van der Waals surface area (Å²) in [6, 6.07) is 14.6. The lowest BCUT2D eigenvalue weighted by Crippen LogP contribution is -2.06. The monoisotopic (exact) mass is 501 g/mol. The third-order valence-corrected chi connectivity index (χ3v) is 5.92. The first-order valence-corrected chi connectivity index (χ1v) is 11.4.